The van der Waals surface area contributed by atoms with Crippen LogP contribution in [0.1, 0.15) is 0 Å². The van der Waals surface area contributed by atoms with Crippen molar-refractivity contribution in [1.29, 1.82) is 0 Å². The fourth-order valence-electron chi connectivity index (χ4n) is 12.3. The van der Waals surface area contributed by atoms with Gasteiger partial charge in [0.25, 0.3) is 0 Å². The van der Waals surface area contributed by atoms with Crippen LogP contribution in [0.4, 0.5) is 0 Å². The molecule has 5 aromatic heterocycles. The van der Waals surface area contributed by atoms with Gasteiger partial charge in [0.1, 0.15) is 0 Å². The fraction of sp³-hybridized carbons (Fsp3) is 0. The van der Waals surface area contributed by atoms with Crippen molar-refractivity contribution >= 4 is 109 Å². The van der Waals surface area contributed by atoms with E-state index in [1.165, 1.54) is 98.0 Å². The molecule has 0 unspecified atom stereocenters. The summed E-state index contributed by atoms with van der Waals surface area (Å²) in [6.45, 7) is 0. The van der Waals surface area contributed by atoms with E-state index < -0.39 is 0 Å². The van der Waals surface area contributed by atoms with Crippen molar-refractivity contribution in [3.05, 3.63) is 249 Å². The summed E-state index contributed by atoms with van der Waals surface area (Å²) in [7, 11) is 0. The summed E-state index contributed by atoms with van der Waals surface area (Å²) < 4.78 is 12.2. The lowest BCUT2D eigenvalue weighted by molar-refractivity contribution is 1.15. The Morgan fingerprint density at radius 1 is 0.141 bits per heavy atom. The zero-order valence-corrected chi connectivity index (χ0v) is 38.4. The maximum absolute atomic E-state index is 2.47. The van der Waals surface area contributed by atoms with E-state index in [0.29, 0.717) is 0 Å². The summed E-state index contributed by atoms with van der Waals surface area (Å²) in [6, 6.07) is 91.6. The van der Waals surface area contributed by atoms with Crippen molar-refractivity contribution < 1.29 is 0 Å². The van der Waals surface area contributed by atoms with Gasteiger partial charge in [-0.2, -0.15) is 0 Å². The molecule has 71 heavy (non-hydrogen) atoms. The molecule has 0 fully saturated rings. The number of nitrogens with zero attached hydrogens (tertiary/aromatic N) is 5. The maximum atomic E-state index is 2.47. The second-order valence-electron chi connectivity index (χ2n) is 18.9. The predicted octanol–water partition coefficient (Wildman–Crippen LogP) is 17.2. The molecule has 0 aliphatic carbocycles. The Morgan fingerprint density at radius 3 is 0.732 bits per heavy atom. The van der Waals surface area contributed by atoms with E-state index in [9.17, 15) is 0 Å². The lowest BCUT2D eigenvalue weighted by Crippen LogP contribution is -1.97. The predicted molar refractivity (Wildman–Crippen MR) is 298 cm³/mol. The summed E-state index contributed by atoms with van der Waals surface area (Å²) in [6.07, 6.45) is 0. The molecule has 0 atom stereocenters. The summed E-state index contributed by atoms with van der Waals surface area (Å²) in [5, 5.41) is 12.3. The summed E-state index contributed by atoms with van der Waals surface area (Å²) in [5.74, 6) is 0. The molecular formula is C66H41N5. The van der Waals surface area contributed by atoms with Crippen LogP contribution in [0, 0.1) is 0 Å². The van der Waals surface area contributed by atoms with E-state index in [0.717, 1.165) is 39.5 Å². The molecule has 11 aromatic carbocycles. The first-order valence-electron chi connectivity index (χ1n) is 24.4. The van der Waals surface area contributed by atoms with Crippen molar-refractivity contribution in [2.45, 2.75) is 0 Å². The van der Waals surface area contributed by atoms with E-state index in [1.807, 2.05) is 0 Å². The standard InChI is InChI=1S/C66H41N5/c1-2-16-42(17-3-1)67-63-36-32-43(70-61-28-14-8-22-51(61)53-34-30-45(40-65(53)70)68-57-24-10-4-18-47(57)48-19-5-11-25-58(48)68)38-55(63)56-39-44(33-37-64(56)67)71-62-29-15-9-23-52(62)54-35-31-46(41-66(54)71)69-59-26-12-6-20-49(59)50-21-7-13-27-60(50)69/h1-41H. The molecule has 330 valence electrons. The van der Waals surface area contributed by atoms with Gasteiger partial charge in [0, 0.05) is 82.3 Å². The topological polar surface area (TPSA) is 24.6 Å². The number of para-hydroxylation sites is 7. The lowest BCUT2D eigenvalue weighted by atomic mass is 10.1. The Kier molecular flexibility index (Phi) is 7.82. The van der Waals surface area contributed by atoms with Gasteiger partial charge >= 0.3 is 0 Å². The number of hydrogen-bond donors (Lipinski definition) is 0. The van der Waals surface area contributed by atoms with Crippen LogP contribution in [0.15, 0.2) is 249 Å². The molecule has 5 heterocycles. The van der Waals surface area contributed by atoms with Gasteiger partial charge in [-0.1, -0.05) is 140 Å². The van der Waals surface area contributed by atoms with Gasteiger partial charge in [-0.15, -0.1) is 0 Å². The smallest absolute Gasteiger partial charge is 0.0561 e. The van der Waals surface area contributed by atoms with Gasteiger partial charge in [-0.05, 0) is 109 Å². The molecule has 16 aromatic rings. The molecule has 5 heteroatoms. The van der Waals surface area contributed by atoms with Gasteiger partial charge in [0.05, 0.1) is 55.2 Å². The quantitative estimate of drug-likeness (QED) is 0.164. The first-order valence-corrected chi connectivity index (χ1v) is 24.4. The second-order valence-corrected chi connectivity index (χ2v) is 18.9. The average Bonchev–Trinajstić information content (AvgIpc) is 4.22. The zero-order valence-electron chi connectivity index (χ0n) is 38.4. The van der Waals surface area contributed by atoms with Crippen LogP contribution in [0.25, 0.3) is 137 Å². The van der Waals surface area contributed by atoms with E-state index in [4.69, 9.17) is 0 Å². The lowest BCUT2D eigenvalue weighted by Gasteiger charge is -2.12. The molecule has 0 radical (unpaired) electrons. The zero-order chi connectivity index (χ0) is 46.3. The van der Waals surface area contributed by atoms with E-state index in [2.05, 4.69) is 272 Å². The monoisotopic (exact) mass is 903 g/mol. The highest BCUT2D eigenvalue weighted by molar-refractivity contribution is 6.16. The minimum Gasteiger partial charge on any atom is -0.309 e. The minimum atomic E-state index is 1.12. The highest BCUT2D eigenvalue weighted by Crippen LogP contribution is 2.42. The molecule has 0 aliphatic heterocycles. The molecule has 0 bridgehead atoms. The Hall–Kier alpha value is -9.58. The minimum absolute atomic E-state index is 1.12. The SMILES string of the molecule is c1ccc(-n2c3ccc(-n4c5ccccc5c5ccc(-n6c7ccccc7c7ccccc76)cc54)cc3c3cc(-n4c5ccccc5c5ccc(-n6c7ccccc7c7ccccc76)cc54)ccc32)cc1. The first-order chi connectivity index (χ1) is 35.2. The van der Waals surface area contributed by atoms with Crippen molar-refractivity contribution in [3.8, 4) is 28.4 Å². The van der Waals surface area contributed by atoms with Gasteiger partial charge in [-0.3, -0.25) is 0 Å². The van der Waals surface area contributed by atoms with Crippen LogP contribution >= 0.6 is 0 Å². The Bertz CT molecular complexity index is 4480. The normalized spacial score (nSPS) is 12.2. The van der Waals surface area contributed by atoms with Crippen LogP contribution in [-0.2, 0) is 0 Å². The van der Waals surface area contributed by atoms with Crippen molar-refractivity contribution in [2.24, 2.45) is 0 Å². The number of hydrogen-bond acceptors (Lipinski definition) is 0. The van der Waals surface area contributed by atoms with E-state index in [1.54, 1.807) is 0 Å². The van der Waals surface area contributed by atoms with Crippen LogP contribution in [0.3, 0.4) is 0 Å². The third kappa shape index (κ3) is 5.34. The van der Waals surface area contributed by atoms with Crippen LogP contribution in [0.2, 0.25) is 0 Å². The van der Waals surface area contributed by atoms with Gasteiger partial charge in [-0.25, -0.2) is 0 Å². The van der Waals surface area contributed by atoms with Gasteiger partial charge in [0.15, 0.2) is 0 Å². The number of rotatable bonds is 5. The van der Waals surface area contributed by atoms with Crippen LogP contribution in [-0.4, -0.2) is 22.8 Å². The van der Waals surface area contributed by atoms with Crippen molar-refractivity contribution in [2.75, 3.05) is 0 Å². The van der Waals surface area contributed by atoms with Crippen LogP contribution in [0.5, 0.6) is 0 Å². The molecule has 0 amide bonds. The summed E-state index contributed by atoms with van der Waals surface area (Å²) >= 11 is 0. The summed E-state index contributed by atoms with van der Waals surface area (Å²) in [4.78, 5) is 0. The number of fused-ring (bicyclic) bond motifs is 15. The maximum Gasteiger partial charge on any atom is 0.0561 e. The number of benzene rings is 11. The Morgan fingerprint density at radius 2 is 0.380 bits per heavy atom. The molecule has 0 aliphatic rings. The van der Waals surface area contributed by atoms with Crippen molar-refractivity contribution in [1.82, 2.24) is 22.8 Å². The molecule has 5 nitrogen and oxygen atoms in total. The van der Waals surface area contributed by atoms with Crippen molar-refractivity contribution in [3.63, 3.8) is 0 Å². The average molecular weight is 904 g/mol. The van der Waals surface area contributed by atoms with Gasteiger partial charge in [0.2, 0.25) is 0 Å². The second kappa shape index (κ2) is 14.5. The largest absolute Gasteiger partial charge is 0.309 e. The third-order valence-electron chi connectivity index (χ3n) is 15.3. The Balaban J connectivity index is 0.948. The highest BCUT2D eigenvalue weighted by Gasteiger charge is 2.21. The number of aromatic nitrogens is 5. The van der Waals surface area contributed by atoms with Gasteiger partial charge < -0.3 is 22.8 Å². The third-order valence-corrected chi connectivity index (χ3v) is 15.3. The van der Waals surface area contributed by atoms with Crippen LogP contribution < -0.4 is 0 Å². The van der Waals surface area contributed by atoms with E-state index in [-0.39, 0.29) is 0 Å². The molecule has 0 saturated carbocycles. The molecule has 0 saturated heterocycles. The Labute approximate surface area is 407 Å². The summed E-state index contributed by atoms with van der Waals surface area (Å²) in [5.41, 5.74) is 17.5. The fourth-order valence-corrected chi connectivity index (χ4v) is 12.3. The molecule has 0 N–H and O–H groups in total. The molecular weight excluding hydrogens is 863 g/mol. The first kappa shape index (κ1) is 38.4. The molecule has 0 spiro atoms. The highest BCUT2D eigenvalue weighted by atomic mass is 15.0. The molecule has 16 rings (SSSR count). The van der Waals surface area contributed by atoms with E-state index >= 15 is 0 Å².